The minimum Gasteiger partial charge on any atom is -0.444 e. The highest BCUT2D eigenvalue weighted by atomic mass is 16.6. The molecule has 4 rings (SSSR count). The molecule has 0 spiro atoms. The summed E-state index contributed by atoms with van der Waals surface area (Å²) in [6.45, 7) is 12.6. The minimum absolute atomic E-state index is 0.00218. The van der Waals surface area contributed by atoms with E-state index in [-0.39, 0.29) is 11.9 Å². The minimum atomic E-state index is -0.703. The number of ether oxygens (including phenoxy) is 2. The SMILES string of the molecule is CC(C)(C)OC(=O)NC(=NCC1CCN(c2nccc(-c3ccc4ccccc4c3)n2)CC1)NC(=O)OC(C)(C)C. The fraction of sp³-hybridized carbons (Fsp3) is 0.452. The number of fused-ring (bicyclic) bond motifs is 1. The normalized spacial score (nSPS) is 14.3. The van der Waals surface area contributed by atoms with E-state index in [1.807, 2.05) is 18.2 Å². The van der Waals surface area contributed by atoms with Crippen molar-refractivity contribution in [1.29, 1.82) is 0 Å². The Morgan fingerprint density at radius 2 is 1.51 bits per heavy atom. The van der Waals surface area contributed by atoms with Gasteiger partial charge < -0.3 is 14.4 Å². The molecule has 3 aromatic rings. The number of rotatable bonds is 4. The summed E-state index contributed by atoms with van der Waals surface area (Å²) >= 11 is 0. The van der Waals surface area contributed by atoms with Crippen molar-refractivity contribution in [2.45, 2.75) is 65.6 Å². The number of carbonyl (C=O) groups is 2. The first-order valence-electron chi connectivity index (χ1n) is 14.0. The van der Waals surface area contributed by atoms with E-state index in [9.17, 15) is 9.59 Å². The molecular formula is C31H40N6O4. The summed E-state index contributed by atoms with van der Waals surface area (Å²) in [5.41, 5.74) is 0.557. The second kappa shape index (κ2) is 12.5. The number of aromatic nitrogens is 2. The van der Waals surface area contributed by atoms with E-state index in [2.05, 4.69) is 55.8 Å². The highest BCUT2D eigenvalue weighted by molar-refractivity contribution is 6.01. The lowest BCUT2D eigenvalue weighted by molar-refractivity contribution is 0.0545. The van der Waals surface area contributed by atoms with Gasteiger partial charge in [0.25, 0.3) is 0 Å². The first kappa shape index (κ1) is 29.8. The van der Waals surface area contributed by atoms with E-state index in [0.29, 0.717) is 12.5 Å². The molecule has 2 N–H and O–H groups in total. The van der Waals surface area contributed by atoms with Crippen LogP contribution < -0.4 is 15.5 Å². The quantitative estimate of drug-likeness (QED) is 0.300. The molecule has 0 atom stereocenters. The van der Waals surface area contributed by atoms with Crippen LogP contribution in [0.15, 0.2) is 59.7 Å². The molecule has 10 nitrogen and oxygen atoms in total. The van der Waals surface area contributed by atoms with Crippen LogP contribution in [0.25, 0.3) is 22.0 Å². The average molecular weight is 561 g/mol. The molecule has 0 radical (unpaired) electrons. The summed E-state index contributed by atoms with van der Waals surface area (Å²) in [7, 11) is 0. The number of aliphatic imine (C=N–C) groups is 1. The molecule has 1 saturated heterocycles. The van der Waals surface area contributed by atoms with Crippen molar-refractivity contribution >= 4 is 34.9 Å². The summed E-state index contributed by atoms with van der Waals surface area (Å²) in [6, 6.07) is 16.6. The molecule has 41 heavy (non-hydrogen) atoms. The van der Waals surface area contributed by atoms with E-state index in [1.165, 1.54) is 10.8 Å². The van der Waals surface area contributed by atoms with Crippen molar-refractivity contribution in [1.82, 2.24) is 20.6 Å². The van der Waals surface area contributed by atoms with E-state index >= 15 is 0 Å². The predicted octanol–water partition coefficient (Wildman–Crippen LogP) is 5.92. The van der Waals surface area contributed by atoms with Gasteiger partial charge in [-0.05, 0) is 83.2 Å². The Labute approximate surface area is 241 Å². The van der Waals surface area contributed by atoms with E-state index in [4.69, 9.17) is 14.5 Å². The number of hydrogen-bond donors (Lipinski definition) is 2. The van der Waals surface area contributed by atoms with Crippen molar-refractivity contribution in [3.63, 3.8) is 0 Å². The van der Waals surface area contributed by atoms with Gasteiger partial charge in [-0.3, -0.25) is 15.6 Å². The Kier molecular flexibility index (Phi) is 9.10. The van der Waals surface area contributed by atoms with Crippen LogP contribution in [-0.4, -0.2) is 59.0 Å². The highest BCUT2D eigenvalue weighted by Gasteiger charge is 2.24. The molecule has 1 aliphatic heterocycles. The first-order chi connectivity index (χ1) is 19.3. The average Bonchev–Trinajstić information content (AvgIpc) is 2.89. The second-order valence-electron chi connectivity index (χ2n) is 12.2. The van der Waals surface area contributed by atoms with Crippen LogP contribution in [0.5, 0.6) is 0 Å². The van der Waals surface area contributed by atoms with Crippen molar-refractivity contribution in [3.8, 4) is 11.3 Å². The number of piperidine rings is 1. The van der Waals surface area contributed by atoms with Crippen LogP contribution in [-0.2, 0) is 9.47 Å². The molecular weight excluding hydrogens is 520 g/mol. The van der Waals surface area contributed by atoms with Crippen molar-refractivity contribution in [3.05, 3.63) is 54.7 Å². The van der Waals surface area contributed by atoms with E-state index in [1.54, 1.807) is 47.7 Å². The molecule has 2 amide bonds. The van der Waals surface area contributed by atoms with Gasteiger partial charge in [-0.2, -0.15) is 0 Å². The van der Waals surface area contributed by atoms with E-state index in [0.717, 1.165) is 37.2 Å². The van der Waals surface area contributed by atoms with Gasteiger partial charge in [-0.15, -0.1) is 0 Å². The van der Waals surface area contributed by atoms with Crippen LogP contribution in [0.1, 0.15) is 54.4 Å². The van der Waals surface area contributed by atoms with Crippen LogP contribution >= 0.6 is 0 Å². The van der Waals surface area contributed by atoms with Crippen LogP contribution in [0.3, 0.4) is 0 Å². The van der Waals surface area contributed by atoms with Gasteiger partial charge in [0, 0.05) is 31.4 Å². The Morgan fingerprint density at radius 1 is 0.902 bits per heavy atom. The standard InChI is InChI=1S/C31H40N6O4/c1-30(2,3)40-28(38)35-26(36-29(39)41-31(4,5)6)33-20-21-14-17-37(18-15-21)27-32-16-13-25(34-27)24-12-11-22-9-7-8-10-23(22)19-24/h7-13,16,19,21H,14-15,17-18,20H2,1-6H3,(H2,33,35,36,38,39). The second-order valence-corrected chi connectivity index (χ2v) is 12.2. The lowest BCUT2D eigenvalue weighted by Crippen LogP contribution is -2.47. The van der Waals surface area contributed by atoms with Gasteiger partial charge in [0.05, 0.1) is 5.69 Å². The topological polar surface area (TPSA) is 118 Å². The van der Waals surface area contributed by atoms with Crippen molar-refractivity contribution < 1.29 is 19.1 Å². The maximum atomic E-state index is 12.4. The number of alkyl carbamates (subject to hydrolysis) is 2. The molecule has 0 unspecified atom stereocenters. The maximum Gasteiger partial charge on any atom is 0.414 e. The van der Waals surface area contributed by atoms with Gasteiger partial charge in [-0.1, -0.05) is 36.4 Å². The third-order valence-electron chi connectivity index (χ3n) is 6.33. The van der Waals surface area contributed by atoms with Gasteiger partial charge in [0.1, 0.15) is 11.2 Å². The van der Waals surface area contributed by atoms with Crippen molar-refractivity contribution in [2.24, 2.45) is 10.9 Å². The number of nitrogens with one attached hydrogen (secondary N) is 2. The van der Waals surface area contributed by atoms with Gasteiger partial charge >= 0.3 is 12.2 Å². The lowest BCUT2D eigenvalue weighted by atomic mass is 9.97. The molecule has 2 heterocycles. The number of benzene rings is 2. The summed E-state index contributed by atoms with van der Waals surface area (Å²) in [5.74, 6) is 0.963. The predicted molar refractivity (Wildman–Crippen MR) is 161 cm³/mol. The highest BCUT2D eigenvalue weighted by Crippen LogP contribution is 2.26. The Bertz CT molecular complexity index is 1370. The Hall–Kier alpha value is -4.21. The Morgan fingerprint density at radius 3 is 2.12 bits per heavy atom. The number of anilines is 1. The molecule has 0 aliphatic carbocycles. The third kappa shape index (κ3) is 9.16. The van der Waals surface area contributed by atoms with Crippen LogP contribution in [0.2, 0.25) is 0 Å². The lowest BCUT2D eigenvalue weighted by Gasteiger charge is -2.31. The third-order valence-corrected chi connectivity index (χ3v) is 6.33. The van der Waals surface area contributed by atoms with Gasteiger partial charge in [0.15, 0.2) is 0 Å². The zero-order chi connectivity index (χ0) is 29.6. The smallest absolute Gasteiger partial charge is 0.414 e. The fourth-order valence-corrected chi connectivity index (χ4v) is 4.46. The Balaban J connectivity index is 1.38. The van der Waals surface area contributed by atoms with E-state index < -0.39 is 23.4 Å². The largest absolute Gasteiger partial charge is 0.444 e. The number of amides is 2. The molecule has 0 bridgehead atoms. The maximum absolute atomic E-state index is 12.4. The summed E-state index contributed by atoms with van der Waals surface area (Å²) in [4.78, 5) is 40.8. The number of guanidine groups is 1. The van der Waals surface area contributed by atoms with Gasteiger partial charge in [0.2, 0.25) is 11.9 Å². The van der Waals surface area contributed by atoms with Crippen LogP contribution in [0, 0.1) is 5.92 Å². The number of hydrogen-bond acceptors (Lipinski definition) is 8. The fourth-order valence-electron chi connectivity index (χ4n) is 4.46. The molecule has 0 saturated carbocycles. The molecule has 218 valence electrons. The zero-order valence-electron chi connectivity index (χ0n) is 24.7. The number of nitrogens with zero attached hydrogens (tertiary/aromatic N) is 4. The van der Waals surface area contributed by atoms with Crippen molar-refractivity contribution in [2.75, 3.05) is 24.5 Å². The summed E-state index contributed by atoms with van der Waals surface area (Å²) in [5, 5.41) is 7.46. The zero-order valence-corrected chi connectivity index (χ0v) is 24.7. The molecule has 1 fully saturated rings. The molecule has 2 aromatic carbocycles. The summed E-state index contributed by atoms with van der Waals surface area (Å²) in [6.07, 6.45) is 2.12. The molecule has 1 aromatic heterocycles. The van der Waals surface area contributed by atoms with Gasteiger partial charge in [-0.25, -0.2) is 19.6 Å². The number of carbonyl (C=O) groups excluding carboxylic acids is 2. The van der Waals surface area contributed by atoms with Crippen LogP contribution in [0.4, 0.5) is 15.5 Å². The molecule has 10 heteroatoms. The molecule has 1 aliphatic rings. The monoisotopic (exact) mass is 560 g/mol. The summed E-state index contributed by atoms with van der Waals surface area (Å²) < 4.78 is 10.6. The first-order valence-corrected chi connectivity index (χ1v) is 14.0.